The Balaban J connectivity index is 1.63. The monoisotopic (exact) mass is 483 g/mol. The van der Waals surface area contributed by atoms with E-state index < -0.39 is 15.9 Å². The number of aryl methyl sites for hydroxylation is 1. The summed E-state index contributed by atoms with van der Waals surface area (Å²) in [6.07, 6.45) is 1.52. The molecule has 7 nitrogen and oxygen atoms in total. The lowest BCUT2D eigenvalue weighted by molar-refractivity contribution is -0.114. The van der Waals surface area contributed by atoms with E-state index in [1.807, 2.05) is 18.2 Å². The number of halogens is 1. The molecule has 0 fully saturated rings. The van der Waals surface area contributed by atoms with Gasteiger partial charge in [-0.25, -0.2) is 8.42 Å². The molecule has 9 heteroatoms. The van der Waals surface area contributed by atoms with Crippen molar-refractivity contribution in [3.63, 3.8) is 0 Å². The molecule has 1 heterocycles. The smallest absolute Gasteiger partial charge is 0.264 e. The van der Waals surface area contributed by atoms with Crippen molar-refractivity contribution in [3.8, 4) is 0 Å². The molecule has 0 radical (unpaired) electrons. The number of rotatable bonds is 5. The van der Waals surface area contributed by atoms with E-state index in [4.69, 9.17) is 11.6 Å². The third kappa shape index (κ3) is 4.86. The summed E-state index contributed by atoms with van der Waals surface area (Å²) in [5.74, 6) is -0.796. The van der Waals surface area contributed by atoms with E-state index >= 15 is 0 Å². The van der Waals surface area contributed by atoms with Gasteiger partial charge in [-0.1, -0.05) is 35.9 Å². The Hall–Kier alpha value is -3.36. The van der Waals surface area contributed by atoms with Crippen molar-refractivity contribution in [1.82, 2.24) is 0 Å². The van der Waals surface area contributed by atoms with Gasteiger partial charge in [-0.15, -0.1) is 0 Å². The number of carbonyl (C=O) groups excluding carboxylic acids is 2. The van der Waals surface area contributed by atoms with Crippen LogP contribution >= 0.6 is 11.6 Å². The van der Waals surface area contributed by atoms with Crippen LogP contribution in [0, 0.1) is 0 Å². The zero-order valence-corrected chi connectivity index (χ0v) is 19.4. The number of para-hydroxylation sites is 1. The van der Waals surface area contributed by atoms with Crippen LogP contribution in [0.25, 0.3) is 0 Å². The number of carbonyl (C=O) groups is 2. The van der Waals surface area contributed by atoms with E-state index in [2.05, 4.69) is 10.6 Å². The lowest BCUT2D eigenvalue weighted by atomic mass is 10.0. The number of sulfonamides is 1. The number of anilines is 3. The van der Waals surface area contributed by atoms with Gasteiger partial charge < -0.3 is 10.6 Å². The highest BCUT2D eigenvalue weighted by Crippen LogP contribution is 2.33. The molecule has 0 aliphatic carbocycles. The van der Waals surface area contributed by atoms with Gasteiger partial charge in [0.1, 0.15) is 0 Å². The van der Waals surface area contributed by atoms with Gasteiger partial charge in [-0.2, -0.15) is 0 Å². The van der Waals surface area contributed by atoms with Crippen LogP contribution in [0.4, 0.5) is 17.1 Å². The van der Waals surface area contributed by atoms with Crippen molar-refractivity contribution in [2.45, 2.75) is 24.7 Å². The molecule has 1 aliphatic rings. The first-order valence-electron chi connectivity index (χ1n) is 10.3. The lowest BCUT2D eigenvalue weighted by Crippen LogP contribution is -2.35. The van der Waals surface area contributed by atoms with Crippen LogP contribution in [-0.2, 0) is 21.2 Å². The number of nitrogens with zero attached hydrogens (tertiary/aromatic N) is 1. The second kappa shape index (κ2) is 9.25. The lowest BCUT2D eigenvalue weighted by Gasteiger charge is -2.30. The minimum atomic E-state index is -3.89. The van der Waals surface area contributed by atoms with Crippen LogP contribution in [-0.4, -0.2) is 26.8 Å². The van der Waals surface area contributed by atoms with Gasteiger partial charge in [0.2, 0.25) is 5.91 Å². The molecule has 1 aliphatic heterocycles. The molecule has 0 saturated carbocycles. The Morgan fingerprint density at radius 1 is 0.939 bits per heavy atom. The summed E-state index contributed by atoms with van der Waals surface area (Å²) < 4.78 is 28.3. The third-order valence-corrected chi connectivity index (χ3v) is 7.42. The summed E-state index contributed by atoms with van der Waals surface area (Å²) in [5.41, 5.74) is 2.61. The van der Waals surface area contributed by atoms with E-state index in [9.17, 15) is 18.0 Å². The van der Waals surface area contributed by atoms with E-state index in [1.54, 1.807) is 30.3 Å². The summed E-state index contributed by atoms with van der Waals surface area (Å²) in [5, 5.41) is 5.47. The first-order chi connectivity index (χ1) is 15.8. The van der Waals surface area contributed by atoms with Crippen molar-refractivity contribution < 1.29 is 18.0 Å². The first-order valence-corrected chi connectivity index (χ1v) is 12.2. The standard InChI is InChI=1S/C24H22ClN3O4S/c1-16(29)26-18-8-4-9-19(14-18)27-24(30)21-15-20(11-12-22(21)25)33(31,32)28-13-5-7-17-6-2-3-10-23(17)28/h2-4,6,8-12,14-15H,5,7,13H2,1H3,(H,26,29)(H,27,30). The van der Waals surface area contributed by atoms with E-state index in [0.717, 1.165) is 12.0 Å². The molecule has 0 saturated heterocycles. The number of benzene rings is 3. The SMILES string of the molecule is CC(=O)Nc1cccc(NC(=O)c2cc(S(=O)(=O)N3CCCc4ccccc43)ccc2Cl)c1. The average Bonchev–Trinajstić information content (AvgIpc) is 2.78. The van der Waals surface area contributed by atoms with Crippen LogP contribution in [0.5, 0.6) is 0 Å². The molecule has 33 heavy (non-hydrogen) atoms. The fourth-order valence-corrected chi connectivity index (χ4v) is 5.56. The van der Waals surface area contributed by atoms with Crippen molar-refractivity contribution in [1.29, 1.82) is 0 Å². The molecule has 0 bridgehead atoms. The molecule has 3 aromatic carbocycles. The highest BCUT2D eigenvalue weighted by molar-refractivity contribution is 7.92. The summed E-state index contributed by atoms with van der Waals surface area (Å²) in [7, 11) is -3.89. The maximum atomic E-state index is 13.5. The molecule has 3 aromatic rings. The fourth-order valence-electron chi connectivity index (χ4n) is 3.79. The molecule has 2 amide bonds. The highest BCUT2D eigenvalue weighted by Gasteiger charge is 2.30. The Labute approximate surface area is 197 Å². The van der Waals surface area contributed by atoms with Gasteiger partial charge in [0.05, 0.1) is 21.2 Å². The van der Waals surface area contributed by atoms with Crippen LogP contribution in [0.2, 0.25) is 5.02 Å². The summed E-state index contributed by atoms with van der Waals surface area (Å²) in [4.78, 5) is 24.2. The van der Waals surface area contributed by atoms with Gasteiger partial charge in [0, 0.05) is 24.8 Å². The highest BCUT2D eigenvalue weighted by atomic mass is 35.5. The van der Waals surface area contributed by atoms with Gasteiger partial charge in [0.25, 0.3) is 15.9 Å². The third-order valence-electron chi connectivity index (χ3n) is 5.28. The fraction of sp³-hybridized carbons (Fsp3) is 0.167. The molecule has 0 aromatic heterocycles. The largest absolute Gasteiger partial charge is 0.326 e. The molecule has 0 unspecified atom stereocenters. The van der Waals surface area contributed by atoms with E-state index in [0.29, 0.717) is 30.0 Å². The predicted octanol–water partition coefficient (Wildman–Crippen LogP) is 4.69. The zero-order valence-electron chi connectivity index (χ0n) is 17.8. The minimum absolute atomic E-state index is 0.0132. The molecular weight excluding hydrogens is 462 g/mol. The Morgan fingerprint density at radius 2 is 1.67 bits per heavy atom. The van der Waals surface area contributed by atoms with Crippen molar-refractivity contribution in [2.24, 2.45) is 0 Å². The van der Waals surface area contributed by atoms with Gasteiger partial charge in [0.15, 0.2) is 0 Å². The van der Waals surface area contributed by atoms with Crippen molar-refractivity contribution >= 4 is 50.5 Å². The number of hydrogen-bond donors (Lipinski definition) is 2. The van der Waals surface area contributed by atoms with Gasteiger partial charge >= 0.3 is 0 Å². The van der Waals surface area contributed by atoms with Crippen LogP contribution in [0.1, 0.15) is 29.3 Å². The molecule has 2 N–H and O–H groups in total. The average molecular weight is 484 g/mol. The molecule has 0 atom stereocenters. The summed E-state index contributed by atoms with van der Waals surface area (Å²) in [6.45, 7) is 1.75. The van der Waals surface area contributed by atoms with E-state index in [1.165, 1.54) is 29.4 Å². The molecule has 0 spiro atoms. The normalized spacial score (nSPS) is 13.2. The Kier molecular flexibility index (Phi) is 6.40. The molecule has 4 rings (SSSR count). The first kappa shape index (κ1) is 22.8. The maximum absolute atomic E-state index is 13.5. The second-order valence-electron chi connectivity index (χ2n) is 7.67. The number of fused-ring (bicyclic) bond motifs is 1. The van der Waals surface area contributed by atoms with E-state index in [-0.39, 0.29) is 21.4 Å². The van der Waals surface area contributed by atoms with Gasteiger partial charge in [-0.05, 0) is 60.9 Å². The van der Waals surface area contributed by atoms with Crippen LogP contribution < -0.4 is 14.9 Å². The number of nitrogens with one attached hydrogen (secondary N) is 2. The minimum Gasteiger partial charge on any atom is -0.326 e. The number of hydrogen-bond acceptors (Lipinski definition) is 4. The molecule has 170 valence electrons. The zero-order chi connectivity index (χ0) is 23.6. The Bertz CT molecular complexity index is 1340. The van der Waals surface area contributed by atoms with Crippen LogP contribution in [0.3, 0.4) is 0 Å². The molecular formula is C24H22ClN3O4S. The second-order valence-corrected chi connectivity index (χ2v) is 9.94. The van der Waals surface area contributed by atoms with Crippen molar-refractivity contribution in [2.75, 3.05) is 21.5 Å². The predicted molar refractivity (Wildman–Crippen MR) is 129 cm³/mol. The van der Waals surface area contributed by atoms with Crippen LogP contribution in [0.15, 0.2) is 71.6 Å². The summed E-state index contributed by atoms with van der Waals surface area (Å²) in [6, 6.07) is 18.1. The summed E-state index contributed by atoms with van der Waals surface area (Å²) >= 11 is 6.25. The van der Waals surface area contributed by atoms with Gasteiger partial charge in [-0.3, -0.25) is 13.9 Å². The number of amides is 2. The Morgan fingerprint density at radius 3 is 2.42 bits per heavy atom. The topological polar surface area (TPSA) is 95.6 Å². The van der Waals surface area contributed by atoms with Crippen molar-refractivity contribution in [3.05, 3.63) is 82.9 Å². The quantitative estimate of drug-likeness (QED) is 0.550. The maximum Gasteiger partial charge on any atom is 0.264 e.